The third kappa shape index (κ3) is 3.89. The van der Waals surface area contributed by atoms with Crippen molar-refractivity contribution in [2.24, 2.45) is 0 Å². The van der Waals surface area contributed by atoms with Crippen LogP contribution in [0.15, 0.2) is 24.4 Å². The molecule has 2 aromatic rings. The molecule has 0 N–H and O–H groups in total. The Balaban J connectivity index is 1.86. The van der Waals surface area contributed by atoms with Crippen LogP contribution in [0.25, 0.3) is 10.6 Å². The summed E-state index contributed by atoms with van der Waals surface area (Å²) in [7, 11) is 1.37. The predicted octanol–water partition coefficient (Wildman–Crippen LogP) is 3.46. The monoisotopic (exact) mass is 333 g/mol. The molecule has 0 bridgehead atoms. The minimum absolute atomic E-state index is 0.127. The molecule has 0 saturated carbocycles. The Labute approximate surface area is 139 Å². The van der Waals surface area contributed by atoms with Gasteiger partial charge in [0.2, 0.25) is 0 Å². The minimum atomic E-state index is -0.387. The van der Waals surface area contributed by atoms with Crippen molar-refractivity contribution in [3.63, 3.8) is 0 Å². The first-order chi connectivity index (χ1) is 11.2. The van der Waals surface area contributed by atoms with Crippen molar-refractivity contribution in [2.45, 2.75) is 25.9 Å². The van der Waals surface area contributed by atoms with E-state index in [-0.39, 0.29) is 12.1 Å². The van der Waals surface area contributed by atoms with E-state index in [0.29, 0.717) is 17.9 Å². The van der Waals surface area contributed by atoms with Gasteiger partial charge in [-0.15, -0.1) is 11.3 Å². The number of aryl methyl sites for hydroxylation is 1. The van der Waals surface area contributed by atoms with E-state index in [9.17, 15) is 4.79 Å². The molecule has 1 aromatic carbocycles. The van der Waals surface area contributed by atoms with Crippen molar-refractivity contribution < 1.29 is 19.0 Å². The van der Waals surface area contributed by atoms with E-state index in [2.05, 4.69) is 4.98 Å². The molecule has 0 unspecified atom stereocenters. The zero-order chi connectivity index (χ0) is 16.2. The van der Waals surface area contributed by atoms with Crippen LogP contribution in [-0.2, 0) is 9.47 Å². The molecule has 6 heteroatoms. The Hall–Kier alpha value is -1.92. The summed E-state index contributed by atoms with van der Waals surface area (Å²) in [6.45, 7) is 3.28. The highest BCUT2D eigenvalue weighted by molar-refractivity contribution is 7.14. The van der Waals surface area contributed by atoms with E-state index >= 15 is 0 Å². The van der Waals surface area contributed by atoms with Gasteiger partial charge in [-0.25, -0.2) is 9.78 Å². The fourth-order valence-corrected chi connectivity index (χ4v) is 3.25. The maximum absolute atomic E-state index is 11.9. The van der Waals surface area contributed by atoms with Gasteiger partial charge in [-0.05, 0) is 38.0 Å². The van der Waals surface area contributed by atoms with Crippen molar-refractivity contribution in [1.82, 2.24) is 4.98 Å². The Morgan fingerprint density at radius 1 is 1.43 bits per heavy atom. The Kier molecular flexibility index (Phi) is 4.93. The molecule has 0 aliphatic carbocycles. The SMILES string of the molecule is COC(=O)c1cc(OC[C@H]2CCCO2)cc(-c2ncc(C)s2)c1. The molecule has 0 amide bonds. The van der Waals surface area contributed by atoms with Crippen LogP contribution in [0.4, 0.5) is 0 Å². The summed E-state index contributed by atoms with van der Waals surface area (Å²) in [5, 5.41) is 0.857. The van der Waals surface area contributed by atoms with Crippen LogP contribution in [0.2, 0.25) is 0 Å². The van der Waals surface area contributed by atoms with Gasteiger partial charge in [0.15, 0.2) is 0 Å². The van der Waals surface area contributed by atoms with Crippen molar-refractivity contribution in [3.05, 3.63) is 34.8 Å². The highest BCUT2D eigenvalue weighted by atomic mass is 32.1. The Morgan fingerprint density at radius 3 is 2.96 bits per heavy atom. The summed E-state index contributed by atoms with van der Waals surface area (Å²) < 4.78 is 16.2. The summed E-state index contributed by atoms with van der Waals surface area (Å²) in [6, 6.07) is 5.38. The zero-order valence-corrected chi connectivity index (χ0v) is 14.0. The first kappa shape index (κ1) is 16.0. The zero-order valence-electron chi connectivity index (χ0n) is 13.2. The molecule has 0 radical (unpaired) electrons. The van der Waals surface area contributed by atoms with E-state index < -0.39 is 0 Å². The van der Waals surface area contributed by atoms with Crippen LogP contribution in [-0.4, -0.2) is 37.4 Å². The molecule has 23 heavy (non-hydrogen) atoms. The lowest BCUT2D eigenvalue weighted by atomic mass is 10.1. The van der Waals surface area contributed by atoms with Gasteiger partial charge in [-0.2, -0.15) is 0 Å². The normalized spacial score (nSPS) is 17.2. The minimum Gasteiger partial charge on any atom is -0.491 e. The first-order valence-corrected chi connectivity index (χ1v) is 8.38. The van der Waals surface area contributed by atoms with Crippen molar-refractivity contribution in [1.29, 1.82) is 0 Å². The van der Waals surface area contributed by atoms with E-state index in [0.717, 1.165) is 34.9 Å². The van der Waals surface area contributed by atoms with E-state index in [4.69, 9.17) is 14.2 Å². The lowest BCUT2D eigenvalue weighted by Crippen LogP contribution is -2.16. The Morgan fingerprint density at radius 2 is 2.30 bits per heavy atom. The number of rotatable bonds is 5. The Bertz CT molecular complexity index is 692. The number of ether oxygens (including phenoxy) is 3. The maximum Gasteiger partial charge on any atom is 0.338 e. The second-order valence-corrected chi connectivity index (χ2v) is 6.69. The largest absolute Gasteiger partial charge is 0.491 e. The lowest BCUT2D eigenvalue weighted by Gasteiger charge is -2.13. The summed E-state index contributed by atoms with van der Waals surface area (Å²) in [6.07, 6.45) is 4.02. The van der Waals surface area contributed by atoms with Crippen LogP contribution < -0.4 is 4.74 Å². The van der Waals surface area contributed by atoms with Crippen LogP contribution in [0.1, 0.15) is 28.1 Å². The van der Waals surface area contributed by atoms with Gasteiger partial charge in [-0.1, -0.05) is 0 Å². The van der Waals surface area contributed by atoms with Gasteiger partial charge in [0.1, 0.15) is 17.4 Å². The fraction of sp³-hybridized carbons (Fsp3) is 0.412. The van der Waals surface area contributed by atoms with E-state index in [1.165, 1.54) is 7.11 Å². The number of methoxy groups -OCH3 is 1. The number of carbonyl (C=O) groups excluding carboxylic acids is 1. The highest BCUT2D eigenvalue weighted by Crippen LogP contribution is 2.30. The molecule has 5 nitrogen and oxygen atoms in total. The fourth-order valence-electron chi connectivity index (χ4n) is 2.49. The number of hydrogen-bond acceptors (Lipinski definition) is 6. The van der Waals surface area contributed by atoms with E-state index in [1.807, 2.05) is 19.2 Å². The first-order valence-electron chi connectivity index (χ1n) is 7.56. The molecular formula is C17H19NO4S. The van der Waals surface area contributed by atoms with Gasteiger partial charge in [-0.3, -0.25) is 0 Å². The number of nitrogens with zero attached hydrogens (tertiary/aromatic N) is 1. The molecule has 1 aromatic heterocycles. The van der Waals surface area contributed by atoms with Gasteiger partial charge >= 0.3 is 5.97 Å². The van der Waals surface area contributed by atoms with Gasteiger partial charge in [0, 0.05) is 23.2 Å². The molecular weight excluding hydrogens is 314 g/mol. The van der Waals surface area contributed by atoms with E-state index in [1.54, 1.807) is 23.5 Å². The molecule has 3 rings (SSSR count). The number of benzene rings is 1. The van der Waals surface area contributed by atoms with Crippen molar-refractivity contribution in [2.75, 3.05) is 20.3 Å². The molecule has 1 aliphatic rings. The predicted molar refractivity (Wildman–Crippen MR) is 88.1 cm³/mol. The number of carbonyl (C=O) groups is 1. The van der Waals surface area contributed by atoms with Crippen LogP contribution >= 0.6 is 11.3 Å². The summed E-state index contributed by atoms with van der Waals surface area (Å²) in [5.41, 5.74) is 1.31. The van der Waals surface area contributed by atoms with Gasteiger partial charge in [0.05, 0.1) is 18.8 Å². The summed E-state index contributed by atoms with van der Waals surface area (Å²) in [5.74, 6) is 0.244. The summed E-state index contributed by atoms with van der Waals surface area (Å²) >= 11 is 1.58. The maximum atomic E-state index is 11.9. The number of thiazole rings is 1. The molecule has 1 aliphatic heterocycles. The second-order valence-electron chi connectivity index (χ2n) is 5.46. The molecule has 1 saturated heterocycles. The van der Waals surface area contributed by atoms with Crippen LogP contribution in [0.3, 0.4) is 0 Å². The van der Waals surface area contributed by atoms with Gasteiger partial charge in [0.25, 0.3) is 0 Å². The average molecular weight is 333 g/mol. The summed E-state index contributed by atoms with van der Waals surface area (Å²) in [4.78, 5) is 17.4. The molecule has 0 spiro atoms. The second kappa shape index (κ2) is 7.10. The molecule has 1 fully saturated rings. The molecule has 1 atom stereocenters. The number of aromatic nitrogens is 1. The topological polar surface area (TPSA) is 57.7 Å². The quantitative estimate of drug-likeness (QED) is 0.784. The van der Waals surface area contributed by atoms with Crippen LogP contribution in [0.5, 0.6) is 5.75 Å². The standard InChI is InChI=1S/C17H19NO4S/c1-11-9-18-16(23-11)12-6-13(17(19)20-2)8-15(7-12)22-10-14-4-3-5-21-14/h6-9,14H,3-5,10H2,1-2H3/t14-/m1/s1. The molecule has 2 heterocycles. The van der Waals surface area contributed by atoms with Crippen LogP contribution in [0, 0.1) is 6.92 Å². The smallest absolute Gasteiger partial charge is 0.338 e. The number of hydrogen-bond donors (Lipinski definition) is 0. The average Bonchev–Trinajstić information content (AvgIpc) is 3.23. The van der Waals surface area contributed by atoms with Crippen molar-refractivity contribution >= 4 is 17.3 Å². The third-order valence-electron chi connectivity index (χ3n) is 3.66. The lowest BCUT2D eigenvalue weighted by molar-refractivity contribution is 0.0598. The third-order valence-corrected chi connectivity index (χ3v) is 4.62. The highest BCUT2D eigenvalue weighted by Gasteiger charge is 2.17. The number of esters is 1. The van der Waals surface area contributed by atoms with Gasteiger partial charge < -0.3 is 14.2 Å². The molecule has 122 valence electrons. The van der Waals surface area contributed by atoms with Crippen molar-refractivity contribution in [3.8, 4) is 16.3 Å².